The first-order valence-electron chi connectivity index (χ1n) is 8.96. The second kappa shape index (κ2) is 9.78. The van der Waals surface area contributed by atoms with Gasteiger partial charge in [0.25, 0.3) is 0 Å². The minimum absolute atomic E-state index is 0.176. The molecule has 0 spiro atoms. The summed E-state index contributed by atoms with van der Waals surface area (Å²) >= 11 is 1.76. The van der Waals surface area contributed by atoms with E-state index in [1.165, 1.54) is 51.7 Å². The molecule has 2 aliphatic heterocycles. The van der Waals surface area contributed by atoms with E-state index in [9.17, 15) is 4.79 Å². The Morgan fingerprint density at radius 1 is 1.18 bits per heavy atom. The van der Waals surface area contributed by atoms with Crippen LogP contribution in [0.2, 0.25) is 0 Å². The highest BCUT2D eigenvalue weighted by Gasteiger charge is 2.28. The number of rotatable bonds is 6. The number of nitrogens with zero attached hydrogens (tertiary/aromatic N) is 2. The highest BCUT2D eigenvalue weighted by atomic mass is 32.2. The summed E-state index contributed by atoms with van der Waals surface area (Å²) in [6, 6.07) is -0.301. The predicted molar refractivity (Wildman–Crippen MR) is 95.2 cm³/mol. The van der Waals surface area contributed by atoms with Gasteiger partial charge in [0.1, 0.15) is 0 Å². The van der Waals surface area contributed by atoms with Gasteiger partial charge in [0.15, 0.2) is 0 Å². The molecule has 0 bridgehead atoms. The van der Waals surface area contributed by atoms with Gasteiger partial charge >= 0.3 is 0 Å². The monoisotopic (exact) mass is 327 g/mol. The smallest absolute Gasteiger partial charge is 0.239 e. The van der Waals surface area contributed by atoms with Crippen molar-refractivity contribution in [1.82, 2.24) is 9.80 Å². The van der Waals surface area contributed by atoms with Crippen LogP contribution < -0.4 is 5.73 Å². The van der Waals surface area contributed by atoms with Gasteiger partial charge in [0.05, 0.1) is 6.04 Å². The molecule has 2 fully saturated rings. The Hall–Kier alpha value is -0.260. The largest absolute Gasteiger partial charge is 0.341 e. The second-order valence-corrected chi connectivity index (χ2v) is 7.88. The lowest BCUT2D eigenvalue weighted by atomic mass is 9.96. The summed E-state index contributed by atoms with van der Waals surface area (Å²) in [4.78, 5) is 17.1. The molecule has 0 aliphatic carbocycles. The molecule has 0 aromatic carbocycles. The Balaban J connectivity index is 1.79. The van der Waals surface area contributed by atoms with Gasteiger partial charge in [0.2, 0.25) is 5.91 Å². The molecule has 2 rings (SSSR count). The van der Waals surface area contributed by atoms with E-state index in [1.807, 2.05) is 4.90 Å². The van der Waals surface area contributed by atoms with Crippen molar-refractivity contribution in [1.29, 1.82) is 0 Å². The quantitative estimate of drug-likeness (QED) is 0.812. The van der Waals surface area contributed by atoms with Crippen molar-refractivity contribution in [2.24, 2.45) is 11.7 Å². The lowest BCUT2D eigenvalue weighted by Gasteiger charge is -2.36. The fourth-order valence-corrected chi connectivity index (χ4v) is 4.19. The Labute approximate surface area is 140 Å². The fraction of sp³-hybridized carbons (Fsp3) is 0.941. The van der Waals surface area contributed by atoms with Crippen molar-refractivity contribution in [3.8, 4) is 0 Å². The number of carbonyl (C=O) groups is 1. The molecule has 2 heterocycles. The first-order valence-corrected chi connectivity index (χ1v) is 10.4. The van der Waals surface area contributed by atoms with Crippen molar-refractivity contribution in [3.63, 3.8) is 0 Å². The average Bonchev–Trinajstić information content (AvgIpc) is 2.80. The molecule has 2 aliphatic rings. The standard InChI is InChI=1S/C17H33N3OS/c1-22-12-8-16(18)17(21)20-11-6-7-15(14-20)13-19-9-4-2-3-5-10-19/h15-16H,2-14,18H2,1H3. The van der Waals surface area contributed by atoms with Crippen LogP contribution in [0, 0.1) is 5.92 Å². The summed E-state index contributed by atoms with van der Waals surface area (Å²) in [5, 5.41) is 0. The van der Waals surface area contributed by atoms with Crippen molar-refractivity contribution >= 4 is 17.7 Å². The van der Waals surface area contributed by atoms with Gasteiger partial charge in [-0.3, -0.25) is 4.79 Å². The van der Waals surface area contributed by atoms with Crippen LogP contribution >= 0.6 is 11.8 Å². The molecule has 0 saturated carbocycles. The molecule has 5 heteroatoms. The second-order valence-electron chi connectivity index (χ2n) is 6.90. The number of nitrogens with two attached hydrogens (primary N) is 1. The molecule has 4 nitrogen and oxygen atoms in total. The van der Waals surface area contributed by atoms with E-state index in [-0.39, 0.29) is 11.9 Å². The Morgan fingerprint density at radius 2 is 1.91 bits per heavy atom. The number of thioether (sulfide) groups is 1. The molecule has 2 unspecified atom stereocenters. The molecule has 0 radical (unpaired) electrons. The minimum atomic E-state index is -0.301. The van der Waals surface area contributed by atoms with E-state index in [0.29, 0.717) is 5.92 Å². The normalized spacial score (nSPS) is 25.7. The zero-order valence-electron chi connectivity index (χ0n) is 14.1. The summed E-state index contributed by atoms with van der Waals surface area (Å²) in [6.07, 6.45) is 10.7. The number of hydrogen-bond donors (Lipinski definition) is 1. The van der Waals surface area contributed by atoms with E-state index < -0.39 is 0 Å². The molecule has 2 atom stereocenters. The van der Waals surface area contributed by atoms with E-state index >= 15 is 0 Å². The molecular formula is C17H33N3OS. The predicted octanol–water partition coefficient (Wildman–Crippen LogP) is 2.18. The maximum atomic E-state index is 12.5. The van der Waals surface area contributed by atoms with Crippen molar-refractivity contribution in [3.05, 3.63) is 0 Å². The van der Waals surface area contributed by atoms with Crippen LogP contribution in [0.4, 0.5) is 0 Å². The molecular weight excluding hydrogens is 294 g/mol. The summed E-state index contributed by atoms with van der Waals surface area (Å²) in [5.41, 5.74) is 6.07. The molecule has 128 valence electrons. The first kappa shape index (κ1) is 18.1. The van der Waals surface area contributed by atoms with Crippen LogP contribution in [-0.4, -0.2) is 66.5 Å². The summed E-state index contributed by atoms with van der Waals surface area (Å²) in [7, 11) is 0. The van der Waals surface area contributed by atoms with Crippen LogP contribution in [0.15, 0.2) is 0 Å². The molecule has 22 heavy (non-hydrogen) atoms. The summed E-state index contributed by atoms with van der Waals surface area (Å²) in [5.74, 6) is 1.79. The third-order valence-electron chi connectivity index (χ3n) is 5.00. The van der Waals surface area contributed by atoms with Crippen LogP contribution in [0.1, 0.15) is 44.9 Å². The zero-order valence-corrected chi connectivity index (χ0v) is 15.0. The first-order chi connectivity index (χ1) is 10.7. The maximum Gasteiger partial charge on any atom is 0.239 e. The lowest BCUT2D eigenvalue weighted by molar-refractivity contribution is -0.134. The van der Waals surface area contributed by atoms with Crippen LogP contribution in [0.25, 0.3) is 0 Å². The van der Waals surface area contributed by atoms with E-state index in [4.69, 9.17) is 5.73 Å². The number of piperidine rings is 1. The zero-order chi connectivity index (χ0) is 15.8. The fourth-order valence-electron chi connectivity index (χ4n) is 3.70. The number of likely N-dealkylation sites (tertiary alicyclic amines) is 2. The van der Waals surface area contributed by atoms with Crippen LogP contribution in [-0.2, 0) is 4.79 Å². The summed E-state index contributed by atoms with van der Waals surface area (Å²) in [6.45, 7) is 5.49. The van der Waals surface area contributed by atoms with Gasteiger partial charge in [-0.15, -0.1) is 0 Å². The van der Waals surface area contributed by atoms with Gasteiger partial charge in [-0.25, -0.2) is 0 Å². The van der Waals surface area contributed by atoms with E-state index in [2.05, 4.69) is 11.2 Å². The van der Waals surface area contributed by atoms with Gasteiger partial charge in [-0.1, -0.05) is 12.8 Å². The summed E-state index contributed by atoms with van der Waals surface area (Å²) < 4.78 is 0. The van der Waals surface area contributed by atoms with Crippen molar-refractivity contribution in [2.75, 3.05) is 44.7 Å². The molecule has 0 aromatic heterocycles. The van der Waals surface area contributed by atoms with Gasteiger partial charge < -0.3 is 15.5 Å². The third-order valence-corrected chi connectivity index (χ3v) is 5.64. The third kappa shape index (κ3) is 5.74. The average molecular weight is 328 g/mol. The van der Waals surface area contributed by atoms with Crippen molar-refractivity contribution < 1.29 is 4.79 Å². The SMILES string of the molecule is CSCCC(N)C(=O)N1CCCC(CN2CCCCCC2)C1. The highest BCUT2D eigenvalue weighted by molar-refractivity contribution is 7.98. The molecule has 1 amide bonds. The Morgan fingerprint density at radius 3 is 2.59 bits per heavy atom. The minimum Gasteiger partial charge on any atom is -0.341 e. The number of amides is 1. The van der Waals surface area contributed by atoms with Gasteiger partial charge in [0, 0.05) is 19.6 Å². The Kier molecular flexibility index (Phi) is 8.04. The van der Waals surface area contributed by atoms with E-state index in [1.54, 1.807) is 11.8 Å². The highest BCUT2D eigenvalue weighted by Crippen LogP contribution is 2.20. The van der Waals surface area contributed by atoms with Gasteiger partial charge in [-0.05, 0) is 63.1 Å². The lowest BCUT2D eigenvalue weighted by Crippen LogP contribution is -2.49. The Bertz CT molecular complexity index is 332. The molecule has 2 saturated heterocycles. The topological polar surface area (TPSA) is 49.6 Å². The molecule has 2 N–H and O–H groups in total. The number of carbonyl (C=O) groups excluding carboxylic acids is 1. The van der Waals surface area contributed by atoms with Crippen LogP contribution in [0.3, 0.4) is 0 Å². The van der Waals surface area contributed by atoms with Gasteiger partial charge in [-0.2, -0.15) is 11.8 Å². The van der Waals surface area contributed by atoms with Crippen molar-refractivity contribution in [2.45, 2.75) is 51.0 Å². The maximum absolute atomic E-state index is 12.5. The molecule has 0 aromatic rings. The van der Waals surface area contributed by atoms with Crippen LogP contribution in [0.5, 0.6) is 0 Å². The number of hydrogen-bond acceptors (Lipinski definition) is 4. The van der Waals surface area contributed by atoms with E-state index in [0.717, 1.165) is 31.7 Å².